The molecule has 0 atom stereocenters. The fourth-order valence-corrected chi connectivity index (χ4v) is 2.80. The molecule has 24 heavy (non-hydrogen) atoms. The first-order valence-corrected chi connectivity index (χ1v) is 8.25. The Morgan fingerprint density at radius 3 is 2.71 bits per heavy atom. The first-order chi connectivity index (χ1) is 11.6. The SMILES string of the molecule is Cc1nc(CN2CCN(C(=O)COc3ccccc3Cl)CC2)n[nH]1. The number of carbonyl (C=O) groups is 1. The molecule has 1 fully saturated rings. The molecule has 0 unspecified atom stereocenters. The van der Waals surface area contributed by atoms with Gasteiger partial charge < -0.3 is 9.64 Å². The smallest absolute Gasteiger partial charge is 0.260 e. The summed E-state index contributed by atoms with van der Waals surface area (Å²) in [5, 5.41) is 7.50. The van der Waals surface area contributed by atoms with Gasteiger partial charge in [-0.05, 0) is 19.1 Å². The number of amides is 1. The van der Waals surface area contributed by atoms with E-state index in [2.05, 4.69) is 20.1 Å². The number of hydrogen-bond donors (Lipinski definition) is 1. The van der Waals surface area contributed by atoms with E-state index < -0.39 is 0 Å². The molecule has 0 bridgehead atoms. The van der Waals surface area contributed by atoms with E-state index in [4.69, 9.17) is 16.3 Å². The third-order valence-electron chi connectivity index (χ3n) is 3.92. The number of benzene rings is 1. The molecule has 1 N–H and O–H groups in total. The number of aryl methyl sites for hydroxylation is 1. The molecular weight excluding hydrogens is 330 g/mol. The van der Waals surface area contributed by atoms with Gasteiger partial charge in [-0.15, -0.1) is 0 Å². The summed E-state index contributed by atoms with van der Waals surface area (Å²) in [7, 11) is 0. The van der Waals surface area contributed by atoms with E-state index in [1.807, 2.05) is 24.0 Å². The van der Waals surface area contributed by atoms with Gasteiger partial charge in [0.25, 0.3) is 5.91 Å². The minimum Gasteiger partial charge on any atom is -0.482 e. The van der Waals surface area contributed by atoms with E-state index in [-0.39, 0.29) is 12.5 Å². The summed E-state index contributed by atoms with van der Waals surface area (Å²) in [5.74, 6) is 2.11. The van der Waals surface area contributed by atoms with E-state index in [1.54, 1.807) is 12.1 Å². The van der Waals surface area contributed by atoms with E-state index >= 15 is 0 Å². The predicted octanol–water partition coefficient (Wildman–Crippen LogP) is 1.49. The van der Waals surface area contributed by atoms with E-state index in [0.29, 0.717) is 30.4 Å². The zero-order valence-electron chi connectivity index (χ0n) is 13.5. The van der Waals surface area contributed by atoms with Crippen LogP contribution >= 0.6 is 11.6 Å². The Morgan fingerprint density at radius 2 is 2.04 bits per heavy atom. The van der Waals surface area contributed by atoms with Crippen LogP contribution in [0.2, 0.25) is 5.02 Å². The second-order valence-corrected chi connectivity index (χ2v) is 6.12. The summed E-state index contributed by atoms with van der Waals surface area (Å²) in [6, 6.07) is 7.15. The van der Waals surface area contributed by atoms with Crippen LogP contribution in [0.1, 0.15) is 11.6 Å². The lowest BCUT2D eigenvalue weighted by Gasteiger charge is -2.34. The predicted molar refractivity (Wildman–Crippen MR) is 89.9 cm³/mol. The molecule has 3 rings (SSSR count). The Hall–Kier alpha value is -2.12. The molecular formula is C16H20ClN5O2. The molecule has 8 heteroatoms. The van der Waals surface area contributed by atoms with Gasteiger partial charge in [-0.25, -0.2) is 4.98 Å². The topological polar surface area (TPSA) is 74.3 Å². The monoisotopic (exact) mass is 349 g/mol. The average Bonchev–Trinajstić information content (AvgIpc) is 2.99. The zero-order valence-corrected chi connectivity index (χ0v) is 14.3. The van der Waals surface area contributed by atoms with Crippen molar-refractivity contribution in [3.8, 4) is 5.75 Å². The maximum absolute atomic E-state index is 12.3. The van der Waals surface area contributed by atoms with Gasteiger partial charge in [-0.3, -0.25) is 14.8 Å². The summed E-state index contributed by atoms with van der Waals surface area (Å²) in [6.45, 7) is 5.53. The molecule has 0 aliphatic carbocycles. The molecule has 0 spiro atoms. The highest BCUT2D eigenvalue weighted by Gasteiger charge is 2.22. The number of aromatic amines is 1. The van der Waals surface area contributed by atoms with Crippen LogP contribution in [-0.2, 0) is 11.3 Å². The highest BCUT2D eigenvalue weighted by molar-refractivity contribution is 6.32. The van der Waals surface area contributed by atoms with Crippen molar-refractivity contribution in [3.63, 3.8) is 0 Å². The van der Waals surface area contributed by atoms with Crippen LogP contribution in [0, 0.1) is 6.92 Å². The molecule has 2 aromatic rings. The van der Waals surface area contributed by atoms with Crippen LogP contribution in [0.4, 0.5) is 0 Å². The van der Waals surface area contributed by atoms with Gasteiger partial charge in [0.05, 0.1) is 11.6 Å². The molecule has 128 valence electrons. The number of piperazine rings is 1. The number of nitrogens with one attached hydrogen (secondary N) is 1. The Morgan fingerprint density at radius 1 is 1.29 bits per heavy atom. The largest absolute Gasteiger partial charge is 0.482 e. The van der Waals surface area contributed by atoms with E-state index in [1.165, 1.54) is 0 Å². The lowest BCUT2D eigenvalue weighted by Crippen LogP contribution is -2.49. The number of H-pyrrole nitrogens is 1. The molecule has 1 amide bonds. The molecule has 0 radical (unpaired) electrons. The lowest BCUT2D eigenvalue weighted by molar-refractivity contribution is -0.135. The molecule has 1 aliphatic heterocycles. The number of carbonyl (C=O) groups excluding carboxylic acids is 1. The number of nitrogens with zero attached hydrogens (tertiary/aromatic N) is 4. The van der Waals surface area contributed by atoms with Crippen molar-refractivity contribution in [1.29, 1.82) is 0 Å². The van der Waals surface area contributed by atoms with Crippen molar-refractivity contribution in [2.24, 2.45) is 0 Å². The third kappa shape index (κ3) is 4.24. The second kappa shape index (κ2) is 7.63. The number of ether oxygens (including phenoxy) is 1. The standard InChI is InChI=1S/C16H20ClN5O2/c1-12-18-15(20-19-12)10-21-6-8-22(9-7-21)16(23)11-24-14-5-3-2-4-13(14)17/h2-5H,6-11H2,1H3,(H,18,19,20). The van der Waals surface area contributed by atoms with Crippen molar-refractivity contribution in [1.82, 2.24) is 25.0 Å². The van der Waals surface area contributed by atoms with Crippen LogP contribution in [0.3, 0.4) is 0 Å². The van der Waals surface area contributed by atoms with Gasteiger partial charge in [-0.1, -0.05) is 23.7 Å². The fourth-order valence-electron chi connectivity index (χ4n) is 2.61. The summed E-state index contributed by atoms with van der Waals surface area (Å²) in [6.07, 6.45) is 0. The first kappa shape index (κ1) is 16.7. The highest BCUT2D eigenvalue weighted by Crippen LogP contribution is 2.23. The van der Waals surface area contributed by atoms with Crippen LogP contribution in [-0.4, -0.2) is 63.7 Å². The molecule has 1 aromatic carbocycles. The summed E-state index contributed by atoms with van der Waals surface area (Å²) in [5.41, 5.74) is 0. The van der Waals surface area contributed by atoms with Crippen molar-refractivity contribution in [2.45, 2.75) is 13.5 Å². The molecule has 0 saturated carbocycles. The van der Waals surface area contributed by atoms with Gasteiger partial charge in [0.2, 0.25) is 0 Å². The molecule has 1 aromatic heterocycles. The number of aromatic nitrogens is 3. The summed E-state index contributed by atoms with van der Waals surface area (Å²) >= 11 is 6.02. The van der Waals surface area contributed by atoms with Crippen molar-refractivity contribution >= 4 is 17.5 Å². The summed E-state index contributed by atoms with van der Waals surface area (Å²) < 4.78 is 5.52. The Balaban J connectivity index is 1.44. The minimum atomic E-state index is -0.0247. The van der Waals surface area contributed by atoms with Gasteiger partial charge in [0, 0.05) is 26.2 Å². The molecule has 1 aliphatic rings. The zero-order chi connectivity index (χ0) is 16.9. The van der Waals surface area contributed by atoms with Crippen molar-refractivity contribution in [3.05, 3.63) is 40.9 Å². The lowest BCUT2D eigenvalue weighted by atomic mass is 10.3. The van der Waals surface area contributed by atoms with E-state index in [9.17, 15) is 4.79 Å². The van der Waals surface area contributed by atoms with Crippen LogP contribution in [0.5, 0.6) is 5.75 Å². The van der Waals surface area contributed by atoms with Crippen LogP contribution < -0.4 is 4.74 Å². The molecule has 1 saturated heterocycles. The average molecular weight is 350 g/mol. The Kier molecular flexibility index (Phi) is 5.32. The Bertz CT molecular complexity index is 697. The van der Waals surface area contributed by atoms with E-state index in [0.717, 1.165) is 24.7 Å². The third-order valence-corrected chi connectivity index (χ3v) is 4.23. The second-order valence-electron chi connectivity index (χ2n) is 5.71. The highest BCUT2D eigenvalue weighted by atomic mass is 35.5. The van der Waals surface area contributed by atoms with Crippen molar-refractivity contribution in [2.75, 3.05) is 32.8 Å². The van der Waals surface area contributed by atoms with Crippen LogP contribution in [0.15, 0.2) is 24.3 Å². The number of para-hydroxylation sites is 1. The normalized spacial score (nSPS) is 15.5. The number of rotatable bonds is 5. The van der Waals surface area contributed by atoms with Crippen LogP contribution in [0.25, 0.3) is 0 Å². The molecule has 7 nitrogen and oxygen atoms in total. The maximum Gasteiger partial charge on any atom is 0.260 e. The van der Waals surface area contributed by atoms with Gasteiger partial charge in [0.1, 0.15) is 11.6 Å². The van der Waals surface area contributed by atoms with Gasteiger partial charge >= 0.3 is 0 Å². The number of hydrogen-bond acceptors (Lipinski definition) is 5. The fraction of sp³-hybridized carbons (Fsp3) is 0.438. The first-order valence-electron chi connectivity index (χ1n) is 7.87. The Labute approximate surface area is 145 Å². The minimum absolute atomic E-state index is 0.00382. The maximum atomic E-state index is 12.3. The quantitative estimate of drug-likeness (QED) is 0.885. The summed E-state index contributed by atoms with van der Waals surface area (Å²) in [4.78, 5) is 20.6. The molecule has 2 heterocycles. The van der Waals surface area contributed by atoms with Crippen molar-refractivity contribution < 1.29 is 9.53 Å². The van der Waals surface area contributed by atoms with Gasteiger partial charge in [-0.2, -0.15) is 5.10 Å². The van der Waals surface area contributed by atoms with Gasteiger partial charge in [0.15, 0.2) is 12.4 Å². The number of halogens is 1.